The summed E-state index contributed by atoms with van der Waals surface area (Å²) in [6.07, 6.45) is 1.97. The fraction of sp³-hybridized carbons (Fsp3) is 0.478. The molecule has 3 atom stereocenters. The number of sulfone groups is 1. The van der Waals surface area contributed by atoms with E-state index in [0.717, 1.165) is 12.8 Å². The van der Waals surface area contributed by atoms with Crippen LogP contribution in [0.2, 0.25) is 0 Å². The summed E-state index contributed by atoms with van der Waals surface area (Å²) in [6.45, 7) is 3.99. The topological polar surface area (TPSA) is 63.6 Å². The maximum Gasteiger partial charge on any atom is 0.179 e. The molecule has 0 aliphatic carbocycles. The minimum absolute atomic E-state index is 0.102. The van der Waals surface area contributed by atoms with Gasteiger partial charge in [0.2, 0.25) is 0 Å². The molecule has 1 unspecified atom stereocenters. The van der Waals surface area contributed by atoms with Crippen LogP contribution in [0.5, 0.6) is 5.75 Å². The van der Waals surface area contributed by atoms with Gasteiger partial charge in [-0.2, -0.15) is 0 Å². The Morgan fingerprint density at radius 3 is 2.45 bits per heavy atom. The van der Waals surface area contributed by atoms with Crippen LogP contribution in [0.25, 0.3) is 0 Å². The number of rotatable bonds is 6. The Balaban J connectivity index is 2.29. The number of aliphatic hydroxyl groups excluding tert-OH is 1. The van der Waals surface area contributed by atoms with Gasteiger partial charge in [-0.3, -0.25) is 0 Å². The van der Waals surface area contributed by atoms with E-state index in [1.54, 1.807) is 30.3 Å². The summed E-state index contributed by atoms with van der Waals surface area (Å²) in [5, 5.41) is 11.7. The standard InChI is InChI=1S/C23H29FO4S/c1-4-6-13-23(5-2)15-29(26,27)20-12-11-18(28-3)14-19(20)21(22(23)25)16-7-9-17(24)10-8-16/h7-12,14,21-22,25H,4-6,13,15H2,1-3H3/t21-,22?,23-/m1/s1. The van der Waals surface area contributed by atoms with E-state index in [9.17, 15) is 17.9 Å². The number of aliphatic hydroxyl groups is 1. The molecular formula is C23H29FO4S. The summed E-state index contributed by atoms with van der Waals surface area (Å²) < 4.78 is 45.7. The number of benzene rings is 2. The summed E-state index contributed by atoms with van der Waals surface area (Å²) in [4.78, 5) is 0.221. The molecule has 0 radical (unpaired) electrons. The Bertz CT molecular complexity index is 955. The second-order valence-corrected chi connectivity index (χ2v) is 9.91. The van der Waals surface area contributed by atoms with Gasteiger partial charge in [-0.25, -0.2) is 12.8 Å². The molecule has 2 aromatic carbocycles. The minimum atomic E-state index is -3.63. The average Bonchev–Trinajstić information content (AvgIpc) is 2.78. The van der Waals surface area contributed by atoms with Crippen LogP contribution in [-0.4, -0.2) is 32.5 Å². The second-order valence-electron chi connectivity index (χ2n) is 7.96. The molecular weight excluding hydrogens is 391 g/mol. The molecule has 0 saturated carbocycles. The maximum absolute atomic E-state index is 13.6. The van der Waals surface area contributed by atoms with Crippen LogP contribution in [0.15, 0.2) is 47.4 Å². The van der Waals surface area contributed by atoms with Crippen LogP contribution in [0.3, 0.4) is 0 Å². The Kier molecular flexibility index (Phi) is 6.34. The van der Waals surface area contributed by atoms with Crippen molar-refractivity contribution in [3.63, 3.8) is 0 Å². The van der Waals surface area contributed by atoms with E-state index in [2.05, 4.69) is 6.92 Å². The van der Waals surface area contributed by atoms with Crippen molar-refractivity contribution < 1.29 is 22.7 Å². The zero-order valence-corrected chi connectivity index (χ0v) is 18.0. The Labute approximate surface area is 172 Å². The largest absolute Gasteiger partial charge is 0.497 e. The van der Waals surface area contributed by atoms with Gasteiger partial charge < -0.3 is 9.84 Å². The molecule has 2 aromatic rings. The molecule has 0 bridgehead atoms. The van der Waals surface area contributed by atoms with Gasteiger partial charge in [0.1, 0.15) is 11.6 Å². The zero-order valence-electron chi connectivity index (χ0n) is 17.2. The third-order valence-electron chi connectivity index (χ3n) is 6.27. The SMILES string of the molecule is CCCC[C@]1(CC)CS(=O)(=O)c2ccc(OC)cc2[C@@H](c2ccc(F)cc2)C1O. The lowest BCUT2D eigenvalue weighted by Crippen LogP contribution is -2.42. The molecule has 0 spiro atoms. The van der Waals surface area contributed by atoms with Crippen molar-refractivity contribution >= 4 is 9.84 Å². The van der Waals surface area contributed by atoms with E-state index >= 15 is 0 Å². The van der Waals surface area contributed by atoms with Crippen LogP contribution < -0.4 is 4.74 Å². The van der Waals surface area contributed by atoms with E-state index in [4.69, 9.17) is 4.74 Å². The van der Waals surface area contributed by atoms with E-state index in [-0.39, 0.29) is 16.5 Å². The number of ether oxygens (including phenoxy) is 1. The Morgan fingerprint density at radius 1 is 1.17 bits per heavy atom. The zero-order chi connectivity index (χ0) is 21.2. The van der Waals surface area contributed by atoms with Crippen molar-refractivity contribution in [1.82, 2.24) is 0 Å². The highest BCUT2D eigenvalue weighted by Gasteiger charge is 2.48. The van der Waals surface area contributed by atoms with Crippen LogP contribution in [0.4, 0.5) is 4.39 Å². The summed E-state index contributed by atoms with van der Waals surface area (Å²) in [5.41, 5.74) is 0.426. The van der Waals surface area contributed by atoms with Crippen molar-refractivity contribution in [1.29, 1.82) is 0 Å². The molecule has 0 aromatic heterocycles. The Hall–Kier alpha value is -1.92. The number of halogens is 1. The Morgan fingerprint density at radius 2 is 1.86 bits per heavy atom. The normalized spacial score (nSPS) is 25.8. The predicted octanol–water partition coefficient (Wildman–Crippen LogP) is 4.70. The van der Waals surface area contributed by atoms with E-state index in [0.29, 0.717) is 29.7 Å². The smallest absolute Gasteiger partial charge is 0.179 e. The molecule has 4 nitrogen and oxygen atoms in total. The van der Waals surface area contributed by atoms with Crippen LogP contribution in [-0.2, 0) is 9.84 Å². The molecule has 1 heterocycles. The second kappa shape index (κ2) is 8.44. The highest BCUT2D eigenvalue weighted by atomic mass is 32.2. The van der Waals surface area contributed by atoms with Gasteiger partial charge >= 0.3 is 0 Å². The van der Waals surface area contributed by atoms with Crippen molar-refractivity contribution in [3.8, 4) is 5.75 Å². The van der Waals surface area contributed by atoms with Gasteiger partial charge in [0, 0.05) is 11.3 Å². The first-order valence-electron chi connectivity index (χ1n) is 10.1. The number of methoxy groups -OCH3 is 1. The number of unbranched alkanes of at least 4 members (excludes halogenated alkanes) is 1. The third kappa shape index (κ3) is 4.05. The highest BCUT2D eigenvalue weighted by molar-refractivity contribution is 7.91. The van der Waals surface area contributed by atoms with Gasteiger partial charge in [0.15, 0.2) is 9.84 Å². The molecule has 6 heteroatoms. The minimum Gasteiger partial charge on any atom is -0.497 e. The fourth-order valence-electron chi connectivity index (χ4n) is 4.51. The first kappa shape index (κ1) is 21.8. The van der Waals surface area contributed by atoms with Crippen molar-refractivity contribution in [2.75, 3.05) is 12.9 Å². The van der Waals surface area contributed by atoms with Gasteiger partial charge in [0.05, 0.1) is 23.9 Å². The first-order chi connectivity index (χ1) is 13.8. The van der Waals surface area contributed by atoms with Gasteiger partial charge in [-0.15, -0.1) is 0 Å². The molecule has 29 heavy (non-hydrogen) atoms. The number of hydrogen-bond acceptors (Lipinski definition) is 4. The molecule has 3 rings (SSSR count). The van der Waals surface area contributed by atoms with Crippen LogP contribution >= 0.6 is 0 Å². The third-order valence-corrected chi connectivity index (χ3v) is 8.27. The number of hydrogen-bond donors (Lipinski definition) is 1. The molecule has 0 saturated heterocycles. The summed E-state index contributed by atoms with van der Waals surface area (Å²) in [5.74, 6) is -0.539. The van der Waals surface area contributed by atoms with Gasteiger partial charge in [-0.1, -0.05) is 38.8 Å². The predicted molar refractivity (Wildman–Crippen MR) is 112 cm³/mol. The lowest BCUT2D eigenvalue weighted by Gasteiger charge is -2.39. The summed E-state index contributed by atoms with van der Waals surface area (Å²) >= 11 is 0. The first-order valence-corrected chi connectivity index (χ1v) is 11.8. The molecule has 1 aliphatic heterocycles. The molecule has 0 amide bonds. The van der Waals surface area contributed by atoms with E-state index < -0.39 is 27.3 Å². The molecule has 158 valence electrons. The average molecular weight is 421 g/mol. The monoisotopic (exact) mass is 420 g/mol. The lowest BCUT2D eigenvalue weighted by molar-refractivity contribution is 0.0173. The lowest BCUT2D eigenvalue weighted by atomic mass is 9.69. The molecule has 1 N–H and O–H groups in total. The fourth-order valence-corrected chi connectivity index (χ4v) is 6.77. The van der Waals surface area contributed by atoms with E-state index in [1.807, 2.05) is 6.92 Å². The van der Waals surface area contributed by atoms with Crippen molar-refractivity contribution in [3.05, 3.63) is 59.4 Å². The molecule has 0 fully saturated rings. The van der Waals surface area contributed by atoms with Gasteiger partial charge in [-0.05, 0) is 54.3 Å². The quantitative estimate of drug-likeness (QED) is 0.736. The van der Waals surface area contributed by atoms with Crippen LogP contribution in [0.1, 0.15) is 56.6 Å². The van der Waals surface area contributed by atoms with Crippen LogP contribution in [0, 0.1) is 11.2 Å². The van der Waals surface area contributed by atoms with Gasteiger partial charge in [0.25, 0.3) is 0 Å². The number of fused-ring (bicyclic) bond motifs is 1. The van der Waals surface area contributed by atoms with Crippen molar-refractivity contribution in [2.24, 2.45) is 5.41 Å². The van der Waals surface area contributed by atoms with E-state index in [1.165, 1.54) is 19.2 Å². The summed E-state index contributed by atoms with van der Waals surface area (Å²) in [6, 6.07) is 10.8. The molecule has 1 aliphatic rings. The maximum atomic E-state index is 13.6. The summed E-state index contributed by atoms with van der Waals surface area (Å²) in [7, 11) is -2.10. The highest BCUT2D eigenvalue weighted by Crippen LogP contribution is 2.49. The van der Waals surface area contributed by atoms with Crippen molar-refractivity contribution in [2.45, 2.75) is 56.4 Å².